The Balaban J connectivity index is 1.96. The van der Waals surface area contributed by atoms with Gasteiger partial charge in [0.1, 0.15) is 0 Å². The van der Waals surface area contributed by atoms with Crippen molar-refractivity contribution in [3.05, 3.63) is 11.8 Å². The molecule has 0 aromatic carbocycles. The lowest BCUT2D eigenvalue weighted by molar-refractivity contribution is 0.149. The van der Waals surface area contributed by atoms with E-state index in [1.807, 2.05) is 20.0 Å². The highest BCUT2D eigenvalue weighted by Gasteiger charge is 2.38. The van der Waals surface area contributed by atoms with Crippen LogP contribution >= 0.6 is 0 Å². The maximum atomic E-state index is 12.1. The van der Waals surface area contributed by atoms with Crippen molar-refractivity contribution < 1.29 is 4.79 Å². The van der Waals surface area contributed by atoms with Crippen LogP contribution in [0.15, 0.2) is 6.07 Å². The third kappa shape index (κ3) is 4.20. The van der Waals surface area contributed by atoms with Crippen molar-refractivity contribution >= 4 is 11.8 Å². The number of anilines is 1. The lowest BCUT2D eigenvalue weighted by Gasteiger charge is -2.46. The van der Waals surface area contributed by atoms with Crippen LogP contribution in [-0.2, 0) is 7.05 Å². The maximum absolute atomic E-state index is 12.1. The van der Waals surface area contributed by atoms with Gasteiger partial charge in [-0.25, -0.2) is 4.79 Å². The summed E-state index contributed by atoms with van der Waals surface area (Å²) in [7, 11) is 1.86. The minimum Gasteiger partial charge on any atom is -0.335 e. The Morgan fingerprint density at radius 1 is 1.33 bits per heavy atom. The van der Waals surface area contributed by atoms with Crippen molar-refractivity contribution in [1.82, 2.24) is 20.4 Å². The monoisotopic (exact) mass is 293 g/mol. The number of aryl methyl sites for hydroxylation is 2. The number of carbonyl (C=O) groups excluding carboxylic acids is 1. The van der Waals surface area contributed by atoms with Crippen molar-refractivity contribution in [3.8, 4) is 0 Å². The van der Waals surface area contributed by atoms with Gasteiger partial charge in [0.25, 0.3) is 0 Å². The molecular weight excluding hydrogens is 266 g/mol. The zero-order chi connectivity index (χ0) is 15.8. The Hall–Kier alpha value is -1.56. The first-order valence-electron chi connectivity index (χ1n) is 7.44. The Labute approximate surface area is 126 Å². The fourth-order valence-corrected chi connectivity index (χ4v) is 3.38. The van der Waals surface area contributed by atoms with Crippen molar-refractivity contribution in [3.63, 3.8) is 0 Å². The third-order valence-electron chi connectivity index (χ3n) is 3.88. The number of amides is 2. The molecule has 2 heterocycles. The topological polar surface area (TPSA) is 71.0 Å². The molecule has 2 amide bonds. The number of carbonyl (C=O) groups is 1. The molecule has 0 bridgehead atoms. The molecule has 6 heteroatoms. The average molecular weight is 293 g/mol. The summed E-state index contributed by atoms with van der Waals surface area (Å²) >= 11 is 0. The molecule has 2 rings (SSSR count). The van der Waals surface area contributed by atoms with Crippen LogP contribution in [0.25, 0.3) is 0 Å². The molecule has 0 atom stereocenters. The number of nitrogens with one attached hydrogen (secondary N) is 3. The average Bonchev–Trinajstić information content (AvgIpc) is 2.51. The molecule has 0 radical (unpaired) electrons. The summed E-state index contributed by atoms with van der Waals surface area (Å²) in [5.74, 6) is 0.583. The minimum absolute atomic E-state index is 0.0152. The van der Waals surface area contributed by atoms with E-state index in [0.717, 1.165) is 18.5 Å². The first kappa shape index (κ1) is 15.8. The molecule has 1 saturated heterocycles. The van der Waals surface area contributed by atoms with Crippen LogP contribution in [0.3, 0.4) is 0 Å². The maximum Gasteiger partial charge on any atom is 0.320 e. The number of hydrogen-bond donors (Lipinski definition) is 3. The van der Waals surface area contributed by atoms with Crippen molar-refractivity contribution in [1.29, 1.82) is 0 Å². The van der Waals surface area contributed by atoms with Crippen LogP contribution in [0.1, 0.15) is 46.2 Å². The predicted molar refractivity (Wildman–Crippen MR) is 84.4 cm³/mol. The number of nitrogens with zero attached hydrogens (tertiary/aromatic N) is 2. The lowest BCUT2D eigenvalue weighted by atomic mass is 9.80. The Kier molecular flexibility index (Phi) is 4.02. The zero-order valence-corrected chi connectivity index (χ0v) is 13.9. The fourth-order valence-electron chi connectivity index (χ4n) is 3.38. The van der Waals surface area contributed by atoms with Crippen molar-refractivity contribution in [2.24, 2.45) is 7.05 Å². The van der Waals surface area contributed by atoms with Crippen LogP contribution in [0.5, 0.6) is 0 Å². The van der Waals surface area contributed by atoms with E-state index in [4.69, 9.17) is 0 Å². The lowest BCUT2D eigenvalue weighted by Crippen LogP contribution is -2.62. The summed E-state index contributed by atoms with van der Waals surface area (Å²) in [6.45, 7) is 10.6. The molecule has 0 aliphatic carbocycles. The Bertz CT molecular complexity index is 497. The molecule has 0 unspecified atom stereocenters. The molecule has 3 N–H and O–H groups in total. The minimum atomic E-state index is -0.188. The number of rotatable bonds is 2. The quantitative estimate of drug-likeness (QED) is 0.782. The van der Waals surface area contributed by atoms with Crippen LogP contribution in [-0.4, -0.2) is 32.9 Å². The standard InChI is InChI=1S/C15H27N5O/c1-10-7-12(18-20(10)6)17-13(21)16-11-8-14(2,3)19-15(4,5)9-11/h7,11,19H,8-9H2,1-6H3,(H2,16,17,18,21). The number of aromatic nitrogens is 2. The van der Waals surface area contributed by atoms with Gasteiger partial charge < -0.3 is 10.6 Å². The molecule has 1 fully saturated rings. The molecule has 1 aromatic heterocycles. The number of hydrogen-bond acceptors (Lipinski definition) is 3. The van der Waals surface area contributed by atoms with Gasteiger partial charge in [-0.2, -0.15) is 5.10 Å². The van der Waals surface area contributed by atoms with E-state index in [1.54, 1.807) is 4.68 Å². The van der Waals surface area contributed by atoms with E-state index in [-0.39, 0.29) is 23.2 Å². The molecule has 118 valence electrons. The highest BCUT2D eigenvalue weighted by molar-refractivity contribution is 5.88. The first-order chi connectivity index (χ1) is 9.56. The second-order valence-corrected chi connectivity index (χ2v) is 7.39. The van der Waals surface area contributed by atoms with E-state index in [2.05, 4.69) is 48.7 Å². The van der Waals surface area contributed by atoms with E-state index in [9.17, 15) is 4.79 Å². The van der Waals surface area contributed by atoms with Crippen LogP contribution in [0.2, 0.25) is 0 Å². The normalized spacial score (nSPS) is 21.0. The largest absolute Gasteiger partial charge is 0.335 e. The van der Waals surface area contributed by atoms with Crippen molar-refractivity contribution in [2.45, 2.75) is 64.6 Å². The summed E-state index contributed by atoms with van der Waals surface area (Å²) < 4.78 is 1.74. The molecule has 6 nitrogen and oxygen atoms in total. The zero-order valence-electron chi connectivity index (χ0n) is 13.9. The van der Waals surface area contributed by atoms with Gasteiger partial charge in [0.2, 0.25) is 0 Å². The van der Waals surface area contributed by atoms with E-state index >= 15 is 0 Å². The summed E-state index contributed by atoms with van der Waals surface area (Å²) in [5, 5.41) is 13.7. The van der Waals surface area contributed by atoms with E-state index in [0.29, 0.717) is 5.82 Å². The second-order valence-electron chi connectivity index (χ2n) is 7.39. The highest BCUT2D eigenvalue weighted by Crippen LogP contribution is 2.28. The number of piperidine rings is 1. The molecule has 1 aliphatic heterocycles. The van der Waals surface area contributed by atoms with E-state index in [1.165, 1.54) is 0 Å². The molecule has 0 spiro atoms. The summed E-state index contributed by atoms with van der Waals surface area (Å²) in [4.78, 5) is 12.1. The molecule has 1 aliphatic rings. The molecule has 1 aromatic rings. The van der Waals surface area contributed by atoms with Crippen molar-refractivity contribution in [2.75, 3.05) is 5.32 Å². The van der Waals surface area contributed by atoms with Gasteiger partial charge in [0.05, 0.1) is 0 Å². The third-order valence-corrected chi connectivity index (χ3v) is 3.88. The van der Waals surface area contributed by atoms with Gasteiger partial charge in [0.15, 0.2) is 5.82 Å². The second kappa shape index (κ2) is 5.33. The SMILES string of the molecule is Cc1cc(NC(=O)NC2CC(C)(C)NC(C)(C)C2)nn1C. The Morgan fingerprint density at radius 2 is 1.90 bits per heavy atom. The highest BCUT2D eigenvalue weighted by atomic mass is 16.2. The molecular formula is C15H27N5O. The molecule has 0 saturated carbocycles. The van der Waals surface area contributed by atoms with Gasteiger partial charge in [-0.3, -0.25) is 10.00 Å². The van der Waals surface area contributed by atoms with Crippen LogP contribution in [0, 0.1) is 6.92 Å². The van der Waals surface area contributed by atoms with Gasteiger partial charge in [-0.05, 0) is 47.5 Å². The first-order valence-corrected chi connectivity index (χ1v) is 7.44. The van der Waals surface area contributed by atoms with Gasteiger partial charge in [-0.1, -0.05) is 0 Å². The van der Waals surface area contributed by atoms with Gasteiger partial charge in [0, 0.05) is 35.9 Å². The summed E-state index contributed by atoms with van der Waals surface area (Å²) in [6, 6.07) is 1.82. The number of urea groups is 1. The smallest absolute Gasteiger partial charge is 0.320 e. The summed E-state index contributed by atoms with van der Waals surface area (Å²) in [6.07, 6.45) is 1.82. The summed E-state index contributed by atoms with van der Waals surface area (Å²) in [5.41, 5.74) is 1.04. The predicted octanol–water partition coefficient (Wildman–Crippen LogP) is 2.16. The van der Waals surface area contributed by atoms with E-state index < -0.39 is 0 Å². The fraction of sp³-hybridized carbons (Fsp3) is 0.733. The van der Waals surface area contributed by atoms with Crippen LogP contribution < -0.4 is 16.0 Å². The van der Waals surface area contributed by atoms with Crippen LogP contribution in [0.4, 0.5) is 10.6 Å². The molecule has 21 heavy (non-hydrogen) atoms. The van der Waals surface area contributed by atoms with Gasteiger partial charge in [-0.15, -0.1) is 0 Å². The Morgan fingerprint density at radius 3 is 2.38 bits per heavy atom. The van der Waals surface area contributed by atoms with Gasteiger partial charge >= 0.3 is 6.03 Å².